The van der Waals surface area contributed by atoms with E-state index in [0.717, 1.165) is 41.5 Å². The number of nitrogens with one attached hydrogen (secondary N) is 1. The quantitative estimate of drug-likeness (QED) is 0.475. The highest BCUT2D eigenvalue weighted by molar-refractivity contribution is 9.10. The molecular weight excluding hydrogens is 512 g/mol. The number of hydrogen-bond donors (Lipinski definition) is 1. The van der Waals surface area contributed by atoms with Crippen molar-refractivity contribution in [1.29, 1.82) is 0 Å². The second kappa shape index (κ2) is 10.1. The summed E-state index contributed by atoms with van der Waals surface area (Å²) in [5.41, 5.74) is 2.22. The summed E-state index contributed by atoms with van der Waals surface area (Å²) in [5.74, 6) is 0.0914. The second-order valence-electron chi connectivity index (χ2n) is 9.33. The van der Waals surface area contributed by atoms with Crippen LogP contribution in [0.15, 0.2) is 51.7 Å². The van der Waals surface area contributed by atoms with Gasteiger partial charge in [0.05, 0.1) is 17.4 Å². The van der Waals surface area contributed by atoms with Crippen LogP contribution < -0.4 is 5.56 Å². The molecule has 2 aliphatic rings. The van der Waals surface area contributed by atoms with Crippen molar-refractivity contribution < 1.29 is 4.79 Å². The predicted octanol–water partition coefficient (Wildman–Crippen LogP) is 4.96. The number of carbonyl (C=O) groups excluding carboxylic acids is 1. The predicted molar refractivity (Wildman–Crippen MR) is 141 cm³/mol. The van der Waals surface area contributed by atoms with E-state index in [1.165, 1.54) is 32.4 Å². The van der Waals surface area contributed by atoms with E-state index in [1.807, 2.05) is 41.3 Å². The number of rotatable bonds is 4. The van der Waals surface area contributed by atoms with Gasteiger partial charge >= 0.3 is 0 Å². The largest absolute Gasteiger partial charge is 0.339 e. The van der Waals surface area contributed by atoms with E-state index in [0.29, 0.717) is 28.3 Å². The van der Waals surface area contributed by atoms with Gasteiger partial charge < -0.3 is 14.8 Å². The number of piperidine rings is 2. The van der Waals surface area contributed by atoms with Gasteiger partial charge in [0.15, 0.2) is 4.77 Å². The number of likely N-dealkylation sites (tertiary alicyclic amines) is 2. The molecule has 1 amide bonds. The zero-order chi connectivity index (χ0) is 23.7. The van der Waals surface area contributed by atoms with Crippen LogP contribution in [0.1, 0.15) is 48.0 Å². The van der Waals surface area contributed by atoms with Gasteiger partial charge in [0.25, 0.3) is 11.5 Å². The molecule has 8 heteroatoms. The molecule has 2 aliphatic heterocycles. The first-order valence-corrected chi connectivity index (χ1v) is 13.2. The number of halogens is 1. The number of nitrogens with zero attached hydrogens (tertiary/aromatic N) is 3. The third kappa shape index (κ3) is 4.90. The van der Waals surface area contributed by atoms with Crippen molar-refractivity contribution in [2.24, 2.45) is 0 Å². The van der Waals surface area contributed by atoms with E-state index >= 15 is 0 Å². The zero-order valence-corrected chi connectivity index (χ0v) is 21.5. The van der Waals surface area contributed by atoms with Crippen molar-refractivity contribution in [2.45, 2.75) is 44.7 Å². The van der Waals surface area contributed by atoms with Gasteiger partial charge in [-0.2, -0.15) is 0 Å². The molecule has 0 atom stereocenters. The van der Waals surface area contributed by atoms with Crippen LogP contribution in [0.4, 0.5) is 0 Å². The zero-order valence-electron chi connectivity index (χ0n) is 19.1. The highest BCUT2D eigenvalue weighted by Gasteiger charge is 2.28. The first-order chi connectivity index (χ1) is 16.5. The number of benzene rings is 2. The van der Waals surface area contributed by atoms with Crippen LogP contribution in [-0.4, -0.2) is 57.5 Å². The molecule has 3 heterocycles. The summed E-state index contributed by atoms with van der Waals surface area (Å²) in [7, 11) is 0. The van der Waals surface area contributed by atoms with Crippen LogP contribution in [0, 0.1) is 4.77 Å². The van der Waals surface area contributed by atoms with Crippen LogP contribution in [0.5, 0.6) is 0 Å². The molecule has 178 valence electrons. The average Bonchev–Trinajstić information content (AvgIpc) is 2.88. The Labute approximate surface area is 212 Å². The summed E-state index contributed by atoms with van der Waals surface area (Å²) in [6.07, 6.45) is 6.08. The topological polar surface area (TPSA) is 61.3 Å². The molecule has 0 aliphatic carbocycles. The molecule has 34 heavy (non-hydrogen) atoms. The summed E-state index contributed by atoms with van der Waals surface area (Å²) in [6, 6.07) is 13.7. The van der Waals surface area contributed by atoms with Crippen molar-refractivity contribution in [2.75, 3.05) is 26.2 Å². The van der Waals surface area contributed by atoms with E-state index < -0.39 is 0 Å². The van der Waals surface area contributed by atoms with Crippen molar-refractivity contribution in [3.8, 4) is 0 Å². The monoisotopic (exact) mass is 540 g/mol. The van der Waals surface area contributed by atoms with Gasteiger partial charge in [-0.15, -0.1) is 0 Å². The van der Waals surface area contributed by atoms with Gasteiger partial charge in [-0.05, 0) is 86.9 Å². The summed E-state index contributed by atoms with van der Waals surface area (Å²) in [5, 5.41) is 0.586. The van der Waals surface area contributed by atoms with Crippen molar-refractivity contribution in [3.05, 3.63) is 73.2 Å². The Morgan fingerprint density at radius 1 is 1.00 bits per heavy atom. The minimum Gasteiger partial charge on any atom is -0.339 e. The standard InChI is InChI=1S/C26H29BrN4O2S/c27-20-8-9-23-22(16-20)25(33)31(26(34)28-23)17-18-4-6-19(7-5-18)24(32)30-14-10-21(11-15-30)29-12-2-1-3-13-29/h4-9,16,21H,1-3,10-15,17H2,(H,28,34). The lowest BCUT2D eigenvalue weighted by atomic mass is 9.99. The number of aromatic amines is 1. The van der Waals surface area contributed by atoms with Crippen molar-refractivity contribution in [1.82, 2.24) is 19.4 Å². The van der Waals surface area contributed by atoms with Crippen LogP contribution in [0.25, 0.3) is 10.9 Å². The van der Waals surface area contributed by atoms with E-state index in [4.69, 9.17) is 12.2 Å². The van der Waals surface area contributed by atoms with Gasteiger partial charge in [-0.3, -0.25) is 14.2 Å². The number of hydrogen-bond acceptors (Lipinski definition) is 4. The molecule has 0 saturated carbocycles. The van der Waals surface area contributed by atoms with E-state index in [-0.39, 0.29) is 11.5 Å². The third-order valence-electron chi connectivity index (χ3n) is 7.14. The van der Waals surface area contributed by atoms with Gasteiger partial charge in [0.2, 0.25) is 0 Å². The molecule has 2 fully saturated rings. The Morgan fingerprint density at radius 3 is 2.41 bits per heavy atom. The summed E-state index contributed by atoms with van der Waals surface area (Å²) < 4.78 is 2.79. The number of H-pyrrole nitrogens is 1. The summed E-state index contributed by atoms with van der Waals surface area (Å²) in [4.78, 5) is 33.8. The van der Waals surface area contributed by atoms with Crippen LogP contribution in [0.2, 0.25) is 0 Å². The van der Waals surface area contributed by atoms with Crippen LogP contribution in [-0.2, 0) is 6.54 Å². The minimum absolute atomic E-state index is 0.0914. The molecule has 6 nitrogen and oxygen atoms in total. The molecule has 0 radical (unpaired) electrons. The number of carbonyl (C=O) groups is 1. The maximum Gasteiger partial charge on any atom is 0.262 e. The number of fused-ring (bicyclic) bond motifs is 1. The molecule has 1 N–H and O–H groups in total. The van der Waals surface area contributed by atoms with Crippen LogP contribution in [0.3, 0.4) is 0 Å². The molecule has 0 bridgehead atoms. The maximum absolute atomic E-state index is 13.1. The minimum atomic E-state index is -0.128. The lowest BCUT2D eigenvalue weighted by molar-refractivity contribution is 0.0590. The first kappa shape index (κ1) is 23.5. The number of amides is 1. The van der Waals surface area contributed by atoms with E-state index in [9.17, 15) is 9.59 Å². The Bertz CT molecular complexity index is 1300. The molecule has 2 aromatic carbocycles. The second-order valence-corrected chi connectivity index (χ2v) is 10.6. The Kier molecular flexibility index (Phi) is 6.99. The third-order valence-corrected chi connectivity index (χ3v) is 7.96. The molecular formula is C26H29BrN4O2S. The fraction of sp³-hybridized carbons (Fsp3) is 0.423. The normalized spacial score (nSPS) is 17.9. The van der Waals surface area contributed by atoms with E-state index in [2.05, 4.69) is 25.8 Å². The van der Waals surface area contributed by atoms with Gasteiger partial charge in [-0.25, -0.2) is 0 Å². The smallest absolute Gasteiger partial charge is 0.262 e. The van der Waals surface area contributed by atoms with Gasteiger partial charge in [0, 0.05) is 29.2 Å². The lowest BCUT2D eigenvalue weighted by Gasteiger charge is -2.40. The number of aromatic nitrogens is 2. The fourth-order valence-electron chi connectivity index (χ4n) is 5.20. The maximum atomic E-state index is 13.1. The molecule has 0 unspecified atom stereocenters. The lowest BCUT2D eigenvalue weighted by Crippen LogP contribution is -2.48. The van der Waals surface area contributed by atoms with Gasteiger partial charge in [-0.1, -0.05) is 34.5 Å². The molecule has 0 spiro atoms. The fourth-order valence-corrected chi connectivity index (χ4v) is 5.82. The first-order valence-electron chi connectivity index (χ1n) is 12.0. The highest BCUT2D eigenvalue weighted by atomic mass is 79.9. The highest BCUT2D eigenvalue weighted by Crippen LogP contribution is 2.22. The van der Waals surface area contributed by atoms with Crippen molar-refractivity contribution >= 4 is 45.0 Å². The molecule has 3 aromatic rings. The Balaban J connectivity index is 1.26. The average molecular weight is 542 g/mol. The Morgan fingerprint density at radius 2 is 1.71 bits per heavy atom. The molecule has 2 saturated heterocycles. The summed E-state index contributed by atoms with van der Waals surface area (Å²) in [6.45, 7) is 4.41. The SMILES string of the molecule is O=C(c1ccc(Cn2c(=S)[nH]c3ccc(Br)cc3c2=O)cc1)N1CCC(N2CCCCC2)CC1. The molecule has 5 rings (SSSR count). The van der Waals surface area contributed by atoms with Gasteiger partial charge in [0.1, 0.15) is 0 Å². The van der Waals surface area contributed by atoms with Crippen molar-refractivity contribution in [3.63, 3.8) is 0 Å². The van der Waals surface area contributed by atoms with Crippen LogP contribution >= 0.6 is 28.1 Å². The summed E-state index contributed by atoms with van der Waals surface area (Å²) >= 11 is 8.87. The van der Waals surface area contributed by atoms with E-state index in [1.54, 1.807) is 10.6 Å². The molecule has 1 aromatic heterocycles. The Hall–Kier alpha value is -2.29.